The summed E-state index contributed by atoms with van der Waals surface area (Å²) in [5, 5.41) is 3.22. The van der Waals surface area contributed by atoms with Gasteiger partial charge in [-0.05, 0) is 18.9 Å². The third-order valence-electron chi connectivity index (χ3n) is 3.03. The number of rotatable bonds is 9. The lowest BCUT2D eigenvalue weighted by Crippen LogP contribution is -2.12. The van der Waals surface area contributed by atoms with Crippen LogP contribution in [0.3, 0.4) is 0 Å². The van der Waals surface area contributed by atoms with E-state index in [4.69, 9.17) is 15.2 Å². The molecule has 0 fully saturated rings. The monoisotopic (exact) mass is 305 g/mol. The second-order valence-electron chi connectivity index (χ2n) is 4.85. The molecule has 1 aromatic rings. The van der Waals surface area contributed by atoms with Gasteiger partial charge in [-0.3, -0.25) is 4.99 Å². The van der Waals surface area contributed by atoms with E-state index in [-0.39, 0.29) is 5.95 Å². The van der Waals surface area contributed by atoms with Crippen LogP contribution >= 0.6 is 0 Å². The molecule has 0 aliphatic carbocycles. The molecule has 0 radical (unpaired) electrons. The number of unbranched alkanes of at least 4 members (excludes halogenated alkanes) is 1. The molecule has 0 spiro atoms. The van der Waals surface area contributed by atoms with Crippen molar-refractivity contribution in [3.05, 3.63) is 18.0 Å². The van der Waals surface area contributed by atoms with Gasteiger partial charge in [0.2, 0.25) is 5.95 Å². The Hall–Kier alpha value is -2.31. The Morgan fingerprint density at radius 3 is 2.95 bits per heavy atom. The second kappa shape index (κ2) is 8.86. The Morgan fingerprint density at radius 2 is 2.18 bits per heavy atom. The number of nitrogens with one attached hydrogen (secondary N) is 1. The van der Waals surface area contributed by atoms with E-state index in [1.165, 1.54) is 0 Å². The summed E-state index contributed by atoms with van der Waals surface area (Å²) in [6.45, 7) is 4.63. The van der Waals surface area contributed by atoms with Crippen molar-refractivity contribution in [2.24, 2.45) is 4.99 Å². The van der Waals surface area contributed by atoms with Gasteiger partial charge in [-0.1, -0.05) is 13.3 Å². The van der Waals surface area contributed by atoms with E-state index in [9.17, 15) is 0 Å². The minimum Gasteiger partial charge on any atom is -0.489 e. The van der Waals surface area contributed by atoms with Crippen molar-refractivity contribution >= 4 is 18.0 Å². The second-order valence-corrected chi connectivity index (χ2v) is 4.85. The lowest BCUT2D eigenvalue weighted by Gasteiger charge is -2.13. The van der Waals surface area contributed by atoms with Crippen LogP contribution in [0.1, 0.15) is 26.2 Å². The van der Waals surface area contributed by atoms with Crippen molar-refractivity contribution in [3.63, 3.8) is 0 Å². The predicted octanol–water partition coefficient (Wildman–Crippen LogP) is 2.02. The Labute approximate surface area is 130 Å². The van der Waals surface area contributed by atoms with Crippen LogP contribution < -0.4 is 15.8 Å². The minimum atomic E-state index is 0.228. The van der Waals surface area contributed by atoms with Gasteiger partial charge in [0.1, 0.15) is 19.0 Å². The molecule has 2 heterocycles. The molecule has 7 nitrogen and oxygen atoms in total. The maximum Gasteiger partial charge on any atom is 0.222 e. The standard InChI is InChI=1S/C15H23N5O2/c1-2-3-7-18-14-13(11-19-15(16)20-14)22-9-8-21-12-5-4-6-17-10-12/h5,10-11H,2-4,6-9H2,1H3,(H3,16,18,19,20). The van der Waals surface area contributed by atoms with E-state index in [0.29, 0.717) is 24.8 Å². The van der Waals surface area contributed by atoms with Gasteiger partial charge < -0.3 is 20.5 Å². The van der Waals surface area contributed by atoms with E-state index in [2.05, 4.69) is 27.2 Å². The SMILES string of the molecule is CCCCNc1nc(N)ncc1OCCOC1=CCCN=C1. The number of aromatic nitrogens is 2. The molecule has 2 rings (SSSR count). The Kier molecular flexibility index (Phi) is 6.47. The fourth-order valence-corrected chi connectivity index (χ4v) is 1.90. The summed E-state index contributed by atoms with van der Waals surface area (Å²) in [6, 6.07) is 0. The van der Waals surface area contributed by atoms with Crippen molar-refractivity contribution in [2.45, 2.75) is 26.2 Å². The zero-order valence-corrected chi connectivity index (χ0v) is 12.9. The van der Waals surface area contributed by atoms with E-state index >= 15 is 0 Å². The molecule has 22 heavy (non-hydrogen) atoms. The van der Waals surface area contributed by atoms with Crippen molar-refractivity contribution in [1.29, 1.82) is 0 Å². The first kappa shape index (κ1) is 16.1. The molecule has 3 N–H and O–H groups in total. The lowest BCUT2D eigenvalue weighted by atomic mass is 10.3. The molecule has 120 valence electrons. The average Bonchev–Trinajstić information content (AvgIpc) is 2.54. The number of nitrogen functional groups attached to an aromatic ring is 1. The molecule has 7 heteroatoms. The summed E-state index contributed by atoms with van der Waals surface area (Å²) in [4.78, 5) is 12.3. The molecule has 1 aliphatic heterocycles. The highest BCUT2D eigenvalue weighted by molar-refractivity contribution is 5.76. The molecule has 0 unspecified atom stereocenters. The Morgan fingerprint density at radius 1 is 1.32 bits per heavy atom. The zero-order valence-electron chi connectivity index (χ0n) is 12.9. The zero-order chi connectivity index (χ0) is 15.6. The number of nitrogens with zero attached hydrogens (tertiary/aromatic N) is 3. The molecule has 0 saturated heterocycles. The van der Waals surface area contributed by atoms with Gasteiger partial charge in [0, 0.05) is 13.1 Å². The van der Waals surface area contributed by atoms with Crippen LogP contribution in [0.5, 0.6) is 5.75 Å². The number of hydrogen-bond acceptors (Lipinski definition) is 7. The normalized spacial score (nSPS) is 13.6. The predicted molar refractivity (Wildman–Crippen MR) is 87.3 cm³/mol. The van der Waals surface area contributed by atoms with Crippen LogP contribution in [0.25, 0.3) is 0 Å². The van der Waals surface area contributed by atoms with Crippen molar-refractivity contribution < 1.29 is 9.47 Å². The highest BCUT2D eigenvalue weighted by atomic mass is 16.5. The van der Waals surface area contributed by atoms with E-state index in [1.54, 1.807) is 12.4 Å². The fraction of sp³-hybridized carbons (Fsp3) is 0.533. The number of aliphatic imine (C=N–C) groups is 1. The molecule has 1 aliphatic rings. The van der Waals surface area contributed by atoms with Gasteiger partial charge in [0.15, 0.2) is 11.6 Å². The highest BCUT2D eigenvalue weighted by Gasteiger charge is 2.07. The number of dihydropyridines is 1. The minimum absolute atomic E-state index is 0.228. The maximum atomic E-state index is 5.67. The molecule has 0 aromatic carbocycles. The maximum absolute atomic E-state index is 5.67. The smallest absolute Gasteiger partial charge is 0.222 e. The van der Waals surface area contributed by atoms with Crippen molar-refractivity contribution in [2.75, 3.05) is 37.4 Å². The first-order chi connectivity index (χ1) is 10.8. The van der Waals surface area contributed by atoms with Crippen LogP contribution in [0, 0.1) is 0 Å². The summed E-state index contributed by atoms with van der Waals surface area (Å²) in [5.74, 6) is 2.23. The molecule has 0 amide bonds. The van der Waals surface area contributed by atoms with E-state index < -0.39 is 0 Å². The Balaban J connectivity index is 1.80. The number of anilines is 2. The Bertz CT molecular complexity index is 531. The van der Waals surface area contributed by atoms with Crippen LogP contribution in [-0.4, -0.2) is 42.5 Å². The van der Waals surface area contributed by atoms with Gasteiger partial charge in [-0.25, -0.2) is 4.98 Å². The first-order valence-corrected chi connectivity index (χ1v) is 7.61. The number of ether oxygens (including phenoxy) is 2. The largest absolute Gasteiger partial charge is 0.489 e. The van der Waals surface area contributed by atoms with Crippen LogP contribution in [0.4, 0.5) is 11.8 Å². The molecular weight excluding hydrogens is 282 g/mol. The highest BCUT2D eigenvalue weighted by Crippen LogP contribution is 2.21. The average molecular weight is 305 g/mol. The van der Waals surface area contributed by atoms with Gasteiger partial charge in [0.25, 0.3) is 0 Å². The topological polar surface area (TPSA) is 94.7 Å². The van der Waals surface area contributed by atoms with Crippen LogP contribution in [0.15, 0.2) is 23.0 Å². The number of allylic oxidation sites excluding steroid dienone is 1. The third kappa shape index (κ3) is 5.23. The molecule has 0 atom stereocenters. The molecule has 0 bridgehead atoms. The lowest BCUT2D eigenvalue weighted by molar-refractivity contribution is 0.168. The van der Waals surface area contributed by atoms with E-state index in [0.717, 1.165) is 38.1 Å². The number of nitrogens with two attached hydrogens (primary N) is 1. The molecular formula is C15H23N5O2. The van der Waals surface area contributed by atoms with E-state index in [1.807, 2.05) is 6.08 Å². The summed E-state index contributed by atoms with van der Waals surface area (Å²) in [7, 11) is 0. The van der Waals surface area contributed by atoms with Crippen molar-refractivity contribution in [3.8, 4) is 5.75 Å². The third-order valence-corrected chi connectivity index (χ3v) is 3.03. The molecule has 0 saturated carbocycles. The summed E-state index contributed by atoms with van der Waals surface area (Å²) in [5.41, 5.74) is 5.62. The van der Waals surface area contributed by atoms with Gasteiger partial charge in [-0.15, -0.1) is 0 Å². The van der Waals surface area contributed by atoms with Crippen LogP contribution in [-0.2, 0) is 4.74 Å². The summed E-state index contributed by atoms with van der Waals surface area (Å²) in [6.07, 6.45) is 8.43. The van der Waals surface area contributed by atoms with Gasteiger partial charge >= 0.3 is 0 Å². The van der Waals surface area contributed by atoms with Gasteiger partial charge in [-0.2, -0.15) is 4.98 Å². The quantitative estimate of drug-likeness (QED) is 0.678. The van der Waals surface area contributed by atoms with Gasteiger partial charge in [0.05, 0.1) is 12.4 Å². The first-order valence-electron chi connectivity index (χ1n) is 7.61. The fourth-order valence-electron chi connectivity index (χ4n) is 1.90. The summed E-state index contributed by atoms with van der Waals surface area (Å²) >= 11 is 0. The van der Waals surface area contributed by atoms with Crippen LogP contribution in [0.2, 0.25) is 0 Å². The molecule has 1 aromatic heterocycles. The summed E-state index contributed by atoms with van der Waals surface area (Å²) < 4.78 is 11.2. The number of hydrogen-bond donors (Lipinski definition) is 2. The van der Waals surface area contributed by atoms with Crippen molar-refractivity contribution in [1.82, 2.24) is 9.97 Å².